The molecule has 1 aromatic heterocycles. The van der Waals surface area contributed by atoms with E-state index >= 15 is 0 Å². The minimum absolute atomic E-state index is 0.141. The fourth-order valence-electron chi connectivity index (χ4n) is 2.04. The summed E-state index contributed by atoms with van der Waals surface area (Å²) in [6.07, 6.45) is 1.37. The fourth-order valence-corrected chi connectivity index (χ4v) is 2.87. The van der Waals surface area contributed by atoms with Crippen LogP contribution in [0.15, 0.2) is 64.0 Å². The second-order valence-electron chi connectivity index (χ2n) is 4.55. The molecule has 0 bridgehead atoms. The maximum absolute atomic E-state index is 12.2. The van der Waals surface area contributed by atoms with Crippen molar-refractivity contribution >= 4 is 30.4 Å². The molecular formula is C17H11NO3Se. The molecule has 0 atom stereocenters. The van der Waals surface area contributed by atoms with E-state index in [1.807, 2.05) is 35.3 Å². The van der Waals surface area contributed by atoms with Crippen LogP contribution in [0.3, 0.4) is 0 Å². The minimum atomic E-state index is -0.517. The van der Waals surface area contributed by atoms with Crippen molar-refractivity contribution < 1.29 is 9.15 Å². The van der Waals surface area contributed by atoms with Gasteiger partial charge in [-0.25, -0.2) is 0 Å². The van der Waals surface area contributed by atoms with E-state index in [1.54, 1.807) is 18.2 Å². The van der Waals surface area contributed by atoms with Gasteiger partial charge in [0.25, 0.3) is 0 Å². The summed E-state index contributed by atoms with van der Waals surface area (Å²) in [7, 11) is 0. The van der Waals surface area contributed by atoms with E-state index < -0.39 is 15.0 Å². The Labute approximate surface area is 133 Å². The molecule has 1 heterocycles. The summed E-state index contributed by atoms with van der Waals surface area (Å²) >= 11 is -0.517. The van der Waals surface area contributed by atoms with Crippen LogP contribution in [0.4, 0.5) is 0 Å². The molecule has 0 saturated carbocycles. The SMILES string of the molecule is N#C[Se]c1coc2cc(OCc3ccccc3)ccc2c1=O. The van der Waals surface area contributed by atoms with Gasteiger partial charge in [-0.3, -0.25) is 0 Å². The zero-order valence-corrected chi connectivity index (χ0v) is 13.2. The first-order valence-electron chi connectivity index (χ1n) is 6.56. The van der Waals surface area contributed by atoms with Gasteiger partial charge in [0.1, 0.15) is 0 Å². The summed E-state index contributed by atoms with van der Waals surface area (Å²) in [6, 6.07) is 14.9. The van der Waals surface area contributed by atoms with Gasteiger partial charge in [0.05, 0.1) is 0 Å². The van der Waals surface area contributed by atoms with Crippen LogP contribution in [0, 0.1) is 10.2 Å². The van der Waals surface area contributed by atoms with E-state index in [1.165, 1.54) is 6.26 Å². The molecule has 0 saturated heterocycles. The third-order valence-electron chi connectivity index (χ3n) is 3.12. The number of rotatable bonds is 4. The predicted molar refractivity (Wildman–Crippen MR) is 84.3 cm³/mol. The van der Waals surface area contributed by atoms with Crippen molar-refractivity contribution in [2.75, 3.05) is 0 Å². The van der Waals surface area contributed by atoms with Crippen LogP contribution < -0.4 is 14.6 Å². The second-order valence-corrected chi connectivity index (χ2v) is 6.29. The predicted octanol–water partition coefficient (Wildman–Crippen LogP) is 2.18. The molecule has 0 aliphatic carbocycles. The maximum atomic E-state index is 12.2. The Morgan fingerprint density at radius 2 is 2.00 bits per heavy atom. The third kappa shape index (κ3) is 3.04. The van der Waals surface area contributed by atoms with Crippen molar-refractivity contribution in [1.29, 1.82) is 5.26 Å². The summed E-state index contributed by atoms with van der Waals surface area (Å²) in [6.45, 7) is 0.451. The number of nitrogens with zero attached hydrogens (tertiary/aromatic N) is 1. The van der Waals surface area contributed by atoms with Crippen molar-refractivity contribution in [3.63, 3.8) is 0 Å². The number of fused-ring (bicyclic) bond motifs is 1. The Morgan fingerprint density at radius 1 is 1.18 bits per heavy atom. The zero-order valence-electron chi connectivity index (χ0n) is 11.5. The van der Waals surface area contributed by atoms with Crippen molar-refractivity contribution in [2.24, 2.45) is 0 Å². The average molecular weight is 356 g/mol. The molecule has 3 rings (SSSR count). The monoisotopic (exact) mass is 357 g/mol. The van der Waals surface area contributed by atoms with E-state index in [-0.39, 0.29) is 5.43 Å². The number of hydrogen-bond donors (Lipinski definition) is 0. The number of hydrogen-bond acceptors (Lipinski definition) is 4. The Morgan fingerprint density at radius 3 is 2.77 bits per heavy atom. The Kier molecular flexibility index (Phi) is 4.24. The van der Waals surface area contributed by atoms with Crippen molar-refractivity contribution in [2.45, 2.75) is 6.61 Å². The van der Waals surface area contributed by atoms with Crippen LogP contribution in [0.25, 0.3) is 11.0 Å². The topological polar surface area (TPSA) is 63.2 Å². The van der Waals surface area contributed by atoms with Crippen LogP contribution in [0.1, 0.15) is 5.56 Å². The van der Waals surface area contributed by atoms with Crippen LogP contribution in [0.2, 0.25) is 0 Å². The molecule has 108 valence electrons. The van der Waals surface area contributed by atoms with E-state index in [0.717, 1.165) is 5.56 Å². The third-order valence-corrected chi connectivity index (χ3v) is 4.36. The summed E-state index contributed by atoms with van der Waals surface area (Å²) in [5.74, 6) is 0.637. The van der Waals surface area contributed by atoms with Gasteiger partial charge < -0.3 is 0 Å². The van der Waals surface area contributed by atoms with Gasteiger partial charge in [-0.15, -0.1) is 0 Å². The normalized spacial score (nSPS) is 10.3. The number of nitriles is 1. The molecule has 0 fully saturated rings. The van der Waals surface area contributed by atoms with Crippen molar-refractivity contribution in [1.82, 2.24) is 0 Å². The van der Waals surface area contributed by atoms with Gasteiger partial charge in [-0.05, 0) is 0 Å². The molecule has 3 aromatic rings. The quantitative estimate of drug-likeness (QED) is 0.673. The molecule has 0 aliphatic heterocycles. The Hall–Kier alpha value is -2.54. The standard InChI is InChI=1S/C17H11NO3Se/c18-11-22-16-10-21-15-8-13(6-7-14(15)17(16)19)20-9-12-4-2-1-3-5-12/h1-8,10H,9H2. The van der Waals surface area contributed by atoms with Gasteiger partial charge in [0.15, 0.2) is 0 Å². The van der Waals surface area contributed by atoms with Crippen LogP contribution in [-0.2, 0) is 6.61 Å². The second kappa shape index (κ2) is 6.48. The molecule has 4 nitrogen and oxygen atoms in total. The zero-order chi connectivity index (χ0) is 15.4. The number of benzene rings is 2. The Bertz CT molecular complexity index is 897. The molecule has 5 heteroatoms. The van der Waals surface area contributed by atoms with Crippen molar-refractivity contribution in [3.8, 4) is 10.7 Å². The summed E-state index contributed by atoms with van der Waals surface area (Å²) in [5.41, 5.74) is 1.39. The van der Waals surface area contributed by atoms with E-state index in [0.29, 0.717) is 27.8 Å². The first-order valence-corrected chi connectivity index (χ1v) is 8.27. The summed E-state index contributed by atoms with van der Waals surface area (Å²) in [4.78, 5) is 14.2. The molecule has 0 radical (unpaired) electrons. The molecule has 2 aromatic carbocycles. The van der Waals surface area contributed by atoms with Gasteiger partial charge in [-0.1, -0.05) is 0 Å². The first-order chi connectivity index (χ1) is 10.8. The molecule has 0 N–H and O–H groups in total. The Balaban J connectivity index is 1.86. The summed E-state index contributed by atoms with van der Waals surface area (Å²) < 4.78 is 11.6. The van der Waals surface area contributed by atoms with E-state index in [2.05, 4.69) is 0 Å². The molecule has 0 unspecified atom stereocenters. The number of ether oxygens (including phenoxy) is 1. The van der Waals surface area contributed by atoms with Crippen LogP contribution >= 0.6 is 0 Å². The average Bonchev–Trinajstić information content (AvgIpc) is 2.56. The van der Waals surface area contributed by atoms with E-state index in [4.69, 9.17) is 14.4 Å². The molecule has 0 amide bonds. The van der Waals surface area contributed by atoms with Gasteiger partial charge >= 0.3 is 133 Å². The van der Waals surface area contributed by atoms with Gasteiger partial charge in [0.2, 0.25) is 0 Å². The summed E-state index contributed by atoms with van der Waals surface area (Å²) in [5, 5.41) is 9.19. The fraction of sp³-hybridized carbons (Fsp3) is 0.0588. The van der Waals surface area contributed by atoms with Gasteiger partial charge in [0, 0.05) is 0 Å². The molecule has 0 spiro atoms. The van der Waals surface area contributed by atoms with Crippen molar-refractivity contribution in [3.05, 3.63) is 70.6 Å². The van der Waals surface area contributed by atoms with Crippen LogP contribution in [0.5, 0.6) is 5.75 Å². The molecule has 0 aliphatic rings. The first kappa shape index (κ1) is 14.4. The van der Waals surface area contributed by atoms with E-state index in [9.17, 15) is 4.79 Å². The van der Waals surface area contributed by atoms with Gasteiger partial charge in [-0.2, -0.15) is 0 Å². The van der Waals surface area contributed by atoms with Crippen LogP contribution in [-0.4, -0.2) is 15.0 Å². The molecule has 22 heavy (non-hydrogen) atoms. The molecular weight excluding hydrogens is 345 g/mol.